The van der Waals surface area contributed by atoms with E-state index >= 15 is 0 Å². The lowest BCUT2D eigenvalue weighted by Gasteiger charge is -2.13. The number of aliphatic carboxylic acids is 1. The van der Waals surface area contributed by atoms with Crippen LogP contribution in [0.25, 0.3) is 33.8 Å². The van der Waals surface area contributed by atoms with Crippen molar-refractivity contribution < 1.29 is 37.9 Å². The summed E-state index contributed by atoms with van der Waals surface area (Å²) in [7, 11) is 0. The van der Waals surface area contributed by atoms with Crippen LogP contribution in [-0.2, 0) is 11.3 Å². The summed E-state index contributed by atoms with van der Waals surface area (Å²) in [5.74, 6) is -2.06. The number of benzene rings is 1. The summed E-state index contributed by atoms with van der Waals surface area (Å²) in [6.07, 6.45) is -3.27. The number of halogens is 4. The lowest BCUT2D eigenvalue weighted by atomic mass is 10.1. The van der Waals surface area contributed by atoms with Gasteiger partial charge in [-0.3, -0.25) is 4.98 Å². The van der Waals surface area contributed by atoms with Gasteiger partial charge in [0.1, 0.15) is 5.52 Å². The first-order chi connectivity index (χ1) is 19.5. The molecular weight excluding hydrogens is 573 g/mol. The van der Waals surface area contributed by atoms with Gasteiger partial charge in [-0.25, -0.2) is 14.4 Å². The first-order valence-corrected chi connectivity index (χ1v) is 12.6. The van der Waals surface area contributed by atoms with Crippen LogP contribution in [-0.4, -0.2) is 84.7 Å². The standard InChI is InChI=1S/C22H27ClN8O3.C2HF3O2/c1-2-31-20-16(26-8-4-7-25-10-15(33)12-32)11-27-17(13-5-3-6-14(23)9-13)18(20)28-22(31)19-21(24)30-34-29-19;3-2(4,5)1(6)7/h3,5-6,9,11,15,25-26,32-33H,2,4,7-8,10,12H2,1H3,(H2,24,30);(H,6,7)/t15-;/m0./s1. The molecule has 4 aromatic rings. The van der Waals surface area contributed by atoms with E-state index in [0.717, 1.165) is 23.2 Å². The van der Waals surface area contributed by atoms with Crippen LogP contribution in [0.15, 0.2) is 35.1 Å². The van der Waals surface area contributed by atoms with Crippen molar-refractivity contribution in [2.24, 2.45) is 0 Å². The number of aromatic nitrogens is 5. The Morgan fingerprint density at radius 2 is 1.98 bits per heavy atom. The number of imidazole rings is 1. The lowest BCUT2D eigenvalue weighted by molar-refractivity contribution is -0.192. The van der Waals surface area contributed by atoms with Gasteiger partial charge in [0, 0.05) is 30.2 Å². The summed E-state index contributed by atoms with van der Waals surface area (Å²) in [4.78, 5) is 18.4. The van der Waals surface area contributed by atoms with Crippen LogP contribution in [0.4, 0.5) is 24.7 Å². The molecule has 13 nitrogen and oxygen atoms in total. The molecule has 0 spiro atoms. The number of hydrogen-bond donors (Lipinski definition) is 6. The van der Waals surface area contributed by atoms with Gasteiger partial charge in [0.2, 0.25) is 0 Å². The van der Waals surface area contributed by atoms with Gasteiger partial charge in [0.15, 0.2) is 17.3 Å². The molecule has 0 aliphatic heterocycles. The first-order valence-electron chi connectivity index (χ1n) is 12.2. The SMILES string of the molecule is CCn1c(-c2nonc2N)nc2c(-c3cccc(Cl)c3)ncc(NCCCNC[C@H](O)CO)c21.O=C(O)C(F)(F)F. The third kappa shape index (κ3) is 8.03. The number of rotatable bonds is 11. The van der Waals surface area contributed by atoms with Crippen molar-refractivity contribution in [3.63, 3.8) is 0 Å². The molecule has 0 radical (unpaired) electrons. The topological polar surface area (TPSA) is 197 Å². The molecule has 222 valence electrons. The molecule has 4 rings (SSSR count). The Morgan fingerprint density at radius 1 is 1.24 bits per heavy atom. The highest BCUT2D eigenvalue weighted by molar-refractivity contribution is 6.30. The number of nitrogens with one attached hydrogen (secondary N) is 2. The Balaban J connectivity index is 0.000000587. The molecule has 0 saturated carbocycles. The van der Waals surface area contributed by atoms with E-state index in [0.29, 0.717) is 53.9 Å². The normalized spacial score (nSPS) is 12.2. The van der Waals surface area contributed by atoms with Gasteiger partial charge >= 0.3 is 12.1 Å². The third-order valence-corrected chi connectivity index (χ3v) is 5.82. The summed E-state index contributed by atoms with van der Waals surface area (Å²) in [5.41, 5.74) is 10.2. The second-order valence-electron chi connectivity index (χ2n) is 8.53. The minimum atomic E-state index is -5.08. The zero-order valence-corrected chi connectivity index (χ0v) is 22.4. The Hall–Kier alpha value is -3.99. The van der Waals surface area contributed by atoms with E-state index in [2.05, 4.69) is 20.9 Å². The van der Waals surface area contributed by atoms with Crippen LogP contribution < -0.4 is 16.4 Å². The van der Waals surface area contributed by atoms with Crippen LogP contribution in [0.5, 0.6) is 0 Å². The number of carbonyl (C=O) groups is 1. The van der Waals surface area contributed by atoms with Gasteiger partial charge in [0.25, 0.3) is 0 Å². The fourth-order valence-electron chi connectivity index (χ4n) is 3.73. The van der Waals surface area contributed by atoms with E-state index in [4.69, 9.17) is 46.9 Å². The highest BCUT2D eigenvalue weighted by Gasteiger charge is 2.38. The van der Waals surface area contributed by atoms with E-state index in [9.17, 15) is 18.3 Å². The van der Waals surface area contributed by atoms with Gasteiger partial charge < -0.3 is 36.3 Å². The van der Waals surface area contributed by atoms with Gasteiger partial charge in [-0.15, -0.1) is 0 Å². The average molecular weight is 601 g/mol. The van der Waals surface area contributed by atoms with Gasteiger partial charge in [0.05, 0.1) is 35.8 Å². The van der Waals surface area contributed by atoms with E-state index in [1.54, 1.807) is 6.20 Å². The number of nitrogen functional groups attached to an aromatic ring is 1. The Morgan fingerprint density at radius 3 is 2.56 bits per heavy atom. The summed E-state index contributed by atoms with van der Waals surface area (Å²) in [5, 5.41) is 40.2. The monoisotopic (exact) mass is 600 g/mol. The number of pyridine rings is 1. The molecule has 17 heteroatoms. The van der Waals surface area contributed by atoms with E-state index < -0.39 is 18.2 Å². The molecule has 0 fully saturated rings. The first kappa shape index (κ1) is 31.5. The Bertz CT molecular complexity index is 1460. The number of aliphatic hydroxyl groups excluding tert-OH is 2. The highest BCUT2D eigenvalue weighted by atomic mass is 35.5. The molecular formula is C24H28ClF3N8O5. The summed E-state index contributed by atoms with van der Waals surface area (Å²) in [6, 6.07) is 7.46. The van der Waals surface area contributed by atoms with Crippen LogP contribution in [0.3, 0.4) is 0 Å². The number of carboxylic acids is 1. The smallest absolute Gasteiger partial charge is 0.475 e. The maximum absolute atomic E-state index is 10.6. The fourth-order valence-corrected chi connectivity index (χ4v) is 3.92. The van der Waals surface area contributed by atoms with Crippen LogP contribution >= 0.6 is 11.6 Å². The van der Waals surface area contributed by atoms with Crippen molar-refractivity contribution in [2.75, 3.05) is 37.3 Å². The van der Waals surface area contributed by atoms with Crippen molar-refractivity contribution in [1.29, 1.82) is 0 Å². The minimum absolute atomic E-state index is 0.160. The van der Waals surface area contributed by atoms with Crippen molar-refractivity contribution >= 4 is 40.1 Å². The van der Waals surface area contributed by atoms with Crippen LogP contribution in [0.1, 0.15) is 13.3 Å². The predicted octanol–water partition coefficient (Wildman–Crippen LogP) is 2.78. The van der Waals surface area contributed by atoms with Crippen molar-refractivity contribution in [3.8, 4) is 22.8 Å². The van der Waals surface area contributed by atoms with Crippen LogP contribution in [0, 0.1) is 0 Å². The molecule has 0 unspecified atom stereocenters. The molecule has 7 N–H and O–H groups in total. The number of anilines is 2. The van der Waals surface area contributed by atoms with Gasteiger partial charge in [-0.05, 0) is 42.3 Å². The largest absolute Gasteiger partial charge is 0.490 e. The molecule has 1 aromatic carbocycles. The molecule has 0 bridgehead atoms. The number of hydrogen-bond acceptors (Lipinski definition) is 11. The molecule has 1 atom stereocenters. The van der Waals surface area contributed by atoms with Gasteiger partial charge in [-0.1, -0.05) is 23.7 Å². The molecule has 0 amide bonds. The molecule has 3 heterocycles. The predicted molar refractivity (Wildman–Crippen MR) is 144 cm³/mol. The summed E-state index contributed by atoms with van der Waals surface area (Å²) in [6.45, 7) is 4.03. The number of aliphatic hydroxyl groups is 2. The van der Waals surface area contributed by atoms with E-state index in [1.165, 1.54) is 0 Å². The second kappa shape index (κ2) is 14.1. The Kier molecular flexibility index (Phi) is 10.8. The number of carboxylic acid groups (broad SMARTS) is 1. The maximum Gasteiger partial charge on any atom is 0.490 e. The molecule has 0 aliphatic rings. The molecule has 41 heavy (non-hydrogen) atoms. The number of nitrogens with zero attached hydrogens (tertiary/aromatic N) is 5. The molecule has 0 saturated heterocycles. The van der Waals surface area contributed by atoms with E-state index in [1.807, 2.05) is 35.8 Å². The number of nitrogens with two attached hydrogens (primary N) is 1. The molecule has 0 aliphatic carbocycles. The number of alkyl halides is 3. The lowest BCUT2D eigenvalue weighted by Crippen LogP contribution is -2.30. The third-order valence-electron chi connectivity index (χ3n) is 5.59. The average Bonchev–Trinajstić information content (AvgIpc) is 3.53. The fraction of sp³-hybridized carbons (Fsp3) is 0.375. The number of fused-ring (bicyclic) bond motifs is 1. The maximum atomic E-state index is 10.6. The Labute approximate surface area is 236 Å². The zero-order chi connectivity index (χ0) is 30.2. The minimum Gasteiger partial charge on any atom is -0.475 e. The quantitative estimate of drug-likeness (QED) is 0.138. The summed E-state index contributed by atoms with van der Waals surface area (Å²) < 4.78 is 38.6. The second-order valence-corrected chi connectivity index (χ2v) is 8.97. The summed E-state index contributed by atoms with van der Waals surface area (Å²) >= 11 is 6.23. The molecule has 3 aromatic heterocycles. The zero-order valence-electron chi connectivity index (χ0n) is 21.7. The number of aryl methyl sites for hydroxylation is 1. The highest BCUT2D eigenvalue weighted by Crippen LogP contribution is 2.36. The van der Waals surface area contributed by atoms with Crippen LogP contribution in [0.2, 0.25) is 5.02 Å². The van der Waals surface area contributed by atoms with Crippen molar-refractivity contribution in [2.45, 2.75) is 32.2 Å². The van der Waals surface area contributed by atoms with E-state index in [-0.39, 0.29) is 12.4 Å². The van der Waals surface area contributed by atoms with Crippen molar-refractivity contribution in [1.82, 2.24) is 30.2 Å². The van der Waals surface area contributed by atoms with Gasteiger partial charge in [-0.2, -0.15) is 13.2 Å². The van der Waals surface area contributed by atoms with Crippen molar-refractivity contribution in [3.05, 3.63) is 35.5 Å².